The van der Waals surface area contributed by atoms with E-state index in [1.165, 1.54) is 0 Å². The largest absolute Gasteiger partial charge is 0.396 e. The van der Waals surface area contributed by atoms with Gasteiger partial charge in [0.1, 0.15) is 6.04 Å². The van der Waals surface area contributed by atoms with Crippen molar-refractivity contribution in [1.82, 2.24) is 9.78 Å². The molecule has 1 atom stereocenters. The Kier molecular flexibility index (Phi) is 3.55. The third-order valence-corrected chi connectivity index (χ3v) is 3.17. The zero-order chi connectivity index (χ0) is 14.0. The molecule has 0 bridgehead atoms. The molecule has 2 rings (SSSR count). The number of nitrogens with one attached hydrogen (secondary N) is 1. The molecule has 19 heavy (non-hydrogen) atoms. The lowest BCUT2D eigenvalue weighted by Gasteiger charge is -2.14. The van der Waals surface area contributed by atoms with E-state index >= 15 is 0 Å². The summed E-state index contributed by atoms with van der Waals surface area (Å²) in [5.41, 5.74) is 8.85. The fourth-order valence-corrected chi connectivity index (χ4v) is 1.93. The van der Waals surface area contributed by atoms with E-state index in [2.05, 4.69) is 10.4 Å². The number of hydrogen-bond acceptors (Lipinski definition) is 3. The van der Waals surface area contributed by atoms with Gasteiger partial charge in [-0.1, -0.05) is 18.2 Å². The number of aromatic nitrogens is 2. The van der Waals surface area contributed by atoms with Gasteiger partial charge < -0.3 is 11.1 Å². The highest BCUT2D eigenvalue weighted by Crippen LogP contribution is 2.20. The summed E-state index contributed by atoms with van der Waals surface area (Å²) in [5.74, 6) is -0.114. The summed E-state index contributed by atoms with van der Waals surface area (Å²) < 4.78 is 1.66. The lowest BCUT2D eigenvalue weighted by Crippen LogP contribution is -2.25. The van der Waals surface area contributed by atoms with Crippen LogP contribution in [-0.2, 0) is 4.79 Å². The van der Waals surface area contributed by atoms with Crippen molar-refractivity contribution >= 4 is 17.3 Å². The van der Waals surface area contributed by atoms with Gasteiger partial charge in [0.25, 0.3) is 0 Å². The Balaban J connectivity index is 2.17. The van der Waals surface area contributed by atoms with Crippen LogP contribution in [0.1, 0.15) is 24.4 Å². The monoisotopic (exact) mass is 258 g/mol. The number of nitrogens with two attached hydrogens (primary N) is 1. The first-order valence-corrected chi connectivity index (χ1v) is 6.17. The van der Waals surface area contributed by atoms with E-state index in [9.17, 15) is 4.79 Å². The lowest BCUT2D eigenvalue weighted by atomic mass is 10.2. The van der Waals surface area contributed by atoms with Gasteiger partial charge in [-0.25, -0.2) is 0 Å². The molecule has 1 aromatic heterocycles. The van der Waals surface area contributed by atoms with Crippen LogP contribution in [0, 0.1) is 13.8 Å². The van der Waals surface area contributed by atoms with E-state index in [-0.39, 0.29) is 5.91 Å². The molecule has 0 aliphatic carbocycles. The van der Waals surface area contributed by atoms with Crippen LogP contribution in [0.15, 0.2) is 30.3 Å². The number of hydrogen-bond donors (Lipinski definition) is 2. The molecule has 1 amide bonds. The summed E-state index contributed by atoms with van der Waals surface area (Å²) in [6.45, 7) is 5.50. The average molecular weight is 258 g/mol. The minimum atomic E-state index is -0.406. The van der Waals surface area contributed by atoms with Crippen molar-refractivity contribution in [2.24, 2.45) is 0 Å². The van der Waals surface area contributed by atoms with E-state index in [1.54, 1.807) is 11.6 Å². The average Bonchev–Trinajstić information content (AvgIpc) is 2.67. The predicted molar refractivity (Wildman–Crippen MR) is 75.9 cm³/mol. The van der Waals surface area contributed by atoms with Crippen molar-refractivity contribution < 1.29 is 4.79 Å². The Labute approximate surface area is 112 Å². The molecule has 5 heteroatoms. The van der Waals surface area contributed by atoms with Crippen LogP contribution in [0.5, 0.6) is 0 Å². The third-order valence-electron chi connectivity index (χ3n) is 3.17. The van der Waals surface area contributed by atoms with Gasteiger partial charge in [-0.05, 0) is 32.9 Å². The molecule has 0 aliphatic heterocycles. The van der Waals surface area contributed by atoms with Crippen molar-refractivity contribution in [1.29, 1.82) is 0 Å². The van der Waals surface area contributed by atoms with Gasteiger partial charge in [0.2, 0.25) is 5.91 Å². The first-order chi connectivity index (χ1) is 9.00. The minimum Gasteiger partial charge on any atom is -0.396 e. The van der Waals surface area contributed by atoms with Gasteiger partial charge in [-0.2, -0.15) is 5.10 Å². The van der Waals surface area contributed by atoms with Gasteiger partial charge >= 0.3 is 0 Å². The SMILES string of the molecule is Cc1nn(C(C)C(=O)Nc2ccccc2)c(C)c1N. The van der Waals surface area contributed by atoms with E-state index in [4.69, 9.17) is 5.73 Å². The van der Waals surface area contributed by atoms with Crippen LogP contribution >= 0.6 is 0 Å². The van der Waals surface area contributed by atoms with Gasteiger partial charge in [-0.3, -0.25) is 9.48 Å². The first kappa shape index (κ1) is 13.1. The van der Waals surface area contributed by atoms with Gasteiger partial charge in [0.15, 0.2) is 0 Å². The number of carbonyl (C=O) groups excluding carboxylic acids is 1. The molecule has 0 saturated carbocycles. The lowest BCUT2D eigenvalue weighted by molar-refractivity contribution is -0.119. The number of nitrogen functional groups attached to an aromatic ring is 1. The molecule has 1 heterocycles. The smallest absolute Gasteiger partial charge is 0.248 e. The Bertz CT molecular complexity index is 589. The summed E-state index contributed by atoms with van der Waals surface area (Å²) >= 11 is 0. The normalized spacial score (nSPS) is 12.2. The second kappa shape index (κ2) is 5.14. The van der Waals surface area contributed by atoms with Crippen LogP contribution in [0.25, 0.3) is 0 Å². The van der Waals surface area contributed by atoms with Crippen LogP contribution in [-0.4, -0.2) is 15.7 Å². The summed E-state index contributed by atoms with van der Waals surface area (Å²) in [7, 11) is 0. The van der Waals surface area contributed by atoms with E-state index in [1.807, 2.05) is 44.2 Å². The zero-order valence-corrected chi connectivity index (χ0v) is 11.3. The molecule has 0 spiro atoms. The summed E-state index contributed by atoms with van der Waals surface area (Å²) in [5, 5.41) is 7.16. The van der Waals surface area contributed by atoms with Crippen molar-refractivity contribution in [3.63, 3.8) is 0 Å². The summed E-state index contributed by atoms with van der Waals surface area (Å²) in [6, 6.07) is 8.95. The topological polar surface area (TPSA) is 72.9 Å². The third kappa shape index (κ3) is 2.59. The summed E-state index contributed by atoms with van der Waals surface area (Å²) in [6.07, 6.45) is 0. The molecule has 0 fully saturated rings. The first-order valence-electron chi connectivity index (χ1n) is 6.17. The number of amides is 1. The van der Waals surface area contributed by atoms with Crippen LogP contribution in [0.4, 0.5) is 11.4 Å². The highest BCUT2D eigenvalue weighted by atomic mass is 16.2. The molecule has 1 aromatic carbocycles. The highest BCUT2D eigenvalue weighted by molar-refractivity contribution is 5.93. The maximum absolute atomic E-state index is 12.2. The quantitative estimate of drug-likeness (QED) is 0.887. The van der Waals surface area contributed by atoms with Crippen molar-refractivity contribution in [2.75, 3.05) is 11.1 Å². The molecule has 0 radical (unpaired) electrons. The van der Waals surface area contributed by atoms with Crippen molar-refractivity contribution in [3.8, 4) is 0 Å². The number of para-hydroxylation sites is 1. The van der Waals surface area contributed by atoms with Crippen LogP contribution < -0.4 is 11.1 Å². The maximum Gasteiger partial charge on any atom is 0.248 e. The molecule has 3 N–H and O–H groups in total. The number of benzene rings is 1. The second-order valence-electron chi connectivity index (χ2n) is 4.56. The Hall–Kier alpha value is -2.30. The van der Waals surface area contributed by atoms with Crippen molar-refractivity contribution in [2.45, 2.75) is 26.8 Å². The van der Waals surface area contributed by atoms with E-state index in [0.717, 1.165) is 17.1 Å². The predicted octanol–water partition coefficient (Wildman–Crippen LogP) is 2.28. The standard InChI is InChI=1S/C14H18N4O/c1-9-13(15)10(2)18(17-9)11(3)14(19)16-12-7-5-4-6-8-12/h4-8,11H,15H2,1-3H3,(H,16,19). The summed E-state index contributed by atoms with van der Waals surface area (Å²) in [4.78, 5) is 12.2. The maximum atomic E-state index is 12.2. The molecule has 0 saturated heterocycles. The van der Waals surface area contributed by atoms with Crippen LogP contribution in [0.2, 0.25) is 0 Å². The molecule has 100 valence electrons. The van der Waals surface area contributed by atoms with Gasteiger partial charge in [-0.15, -0.1) is 0 Å². The second-order valence-corrected chi connectivity index (χ2v) is 4.56. The van der Waals surface area contributed by atoms with Crippen molar-refractivity contribution in [3.05, 3.63) is 41.7 Å². The van der Waals surface area contributed by atoms with E-state index < -0.39 is 6.04 Å². The molecule has 5 nitrogen and oxygen atoms in total. The highest BCUT2D eigenvalue weighted by Gasteiger charge is 2.20. The zero-order valence-electron chi connectivity index (χ0n) is 11.3. The number of aryl methyl sites for hydroxylation is 1. The molecule has 0 aliphatic rings. The van der Waals surface area contributed by atoms with Crippen LogP contribution in [0.3, 0.4) is 0 Å². The molecule has 2 aromatic rings. The number of anilines is 2. The van der Waals surface area contributed by atoms with E-state index in [0.29, 0.717) is 5.69 Å². The molecule has 1 unspecified atom stereocenters. The molecular formula is C14H18N4O. The van der Waals surface area contributed by atoms with Gasteiger partial charge in [0, 0.05) is 5.69 Å². The number of nitrogens with zero attached hydrogens (tertiary/aromatic N) is 2. The van der Waals surface area contributed by atoms with Gasteiger partial charge in [0.05, 0.1) is 17.1 Å². The minimum absolute atomic E-state index is 0.114. The fraction of sp³-hybridized carbons (Fsp3) is 0.286. The fourth-order valence-electron chi connectivity index (χ4n) is 1.93. The Morgan fingerprint density at radius 3 is 2.47 bits per heavy atom. The molecular weight excluding hydrogens is 240 g/mol. The number of rotatable bonds is 3. The number of carbonyl (C=O) groups is 1. The Morgan fingerprint density at radius 2 is 1.95 bits per heavy atom. The Morgan fingerprint density at radius 1 is 1.32 bits per heavy atom.